The maximum atomic E-state index is 12.6. The lowest BCUT2D eigenvalue weighted by Gasteiger charge is -2.19. The molecule has 1 aliphatic rings. The molecule has 1 aromatic carbocycles. The number of para-hydroxylation sites is 1. The number of pyridine rings is 1. The molecule has 0 spiro atoms. The lowest BCUT2D eigenvalue weighted by Crippen LogP contribution is -2.41. The summed E-state index contributed by atoms with van der Waals surface area (Å²) < 4.78 is 7.17. The van der Waals surface area contributed by atoms with Crippen molar-refractivity contribution >= 4 is 16.8 Å². The van der Waals surface area contributed by atoms with Crippen molar-refractivity contribution in [3.05, 3.63) is 60.6 Å². The van der Waals surface area contributed by atoms with Gasteiger partial charge >= 0.3 is 0 Å². The third kappa shape index (κ3) is 3.45. The van der Waals surface area contributed by atoms with E-state index in [1.165, 1.54) is 22.8 Å². The second kappa shape index (κ2) is 7.40. The van der Waals surface area contributed by atoms with Gasteiger partial charge in [-0.25, -0.2) is 0 Å². The van der Waals surface area contributed by atoms with Gasteiger partial charge in [0.2, 0.25) is 5.82 Å². The Hall–Kier alpha value is -3.66. The van der Waals surface area contributed by atoms with Gasteiger partial charge in [0.25, 0.3) is 11.9 Å². The molecule has 2 atom stereocenters. The summed E-state index contributed by atoms with van der Waals surface area (Å²) in [4.78, 5) is 21.3. The number of fused-ring (bicyclic) bond motifs is 1. The average Bonchev–Trinajstić information content (AvgIpc) is 3.50. The number of ether oxygens (including phenoxy) is 1. The number of carbonyl (C=O) groups excluding carboxylic acids is 1. The fourth-order valence-corrected chi connectivity index (χ4v) is 3.59. The first-order valence-corrected chi connectivity index (χ1v) is 9.26. The highest BCUT2D eigenvalue weighted by molar-refractivity contribution is 5.90. The van der Waals surface area contributed by atoms with Gasteiger partial charge in [-0.2, -0.15) is 4.98 Å². The number of nitrogens with one attached hydrogen (secondary N) is 2. The number of aromatic amines is 1. The molecule has 0 bridgehead atoms. The van der Waals surface area contributed by atoms with Gasteiger partial charge in [0.05, 0.1) is 24.8 Å². The molecule has 10 heteroatoms. The minimum Gasteiger partial charge on any atom is -0.379 e. The lowest BCUT2D eigenvalue weighted by atomic mass is 9.93. The Labute approximate surface area is 165 Å². The molecule has 2 N–H and O–H groups in total. The second-order valence-electron chi connectivity index (χ2n) is 6.92. The Morgan fingerprint density at radius 3 is 2.97 bits per heavy atom. The summed E-state index contributed by atoms with van der Waals surface area (Å²) in [6.07, 6.45) is 5.54. The predicted octanol–water partition coefficient (Wildman–Crippen LogP) is 0.921. The quantitative estimate of drug-likeness (QED) is 0.519. The molecule has 4 aromatic rings. The molecule has 1 amide bonds. The van der Waals surface area contributed by atoms with Crippen LogP contribution in [-0.2, 0) is 11.2 Å². The molecule has 0 radical (unpaired) electrons. The van der Waals surface area contributed by atoms with Crippen LogP contribution in [0.2, 0.25) is 0 Å². The van der Waals surface area contributed by atoms with E-state index < -0.39 is 0 Å². The summed E-state index contributed by atoms with van der Waals surface area (Å²) in [7, 11) is 0. The maximum absolute atomic E-state index is 12.6. The molecular formula is C19H18N8O2. The van der Waals surface area contributed by atoms with Gasteiger partial charge in [-0.05, 0) is 24.1 Å². The van der Waals surface area contributed by atoms with Gasteiger partial charge in [-0.15, -0.1) is 15.3 Å². The number of aromatic nitrogens is 7. The first-order valence-electron chi connectivity index (χ1n) is 9.26. The van der Waals surface area contributed by atoms with E-state index in [9.17, 15) is 4.79 Å². The smallest absolute Gasteiger partial charge is 0.288 e. The highest BCUT2D eigenvalue weighted by atomic mass is 16.5. The Balaban J connectivity index is 1.30. The van der Waals surface area contributed by atoms with Crippen LogP contribution in [0.4, 0.5) is 0 Å². The monoisotopic (exact) mass is 390 g/mol. The van der Waals surface area contributed by atoms with E-state index in [2.05, 4.69) is 41.7 Å². The number of hydrogen-bond donors (Lipinski definition) is 2. The highest BCUT2D eigenvalue weighted by Gasteiger charge is 2.31. The van der Waals surface area contributed by atoms with Gasteiger partial charge in [-0.1, -0.05) is 18.2 Å². The van der Waals surface area contributed by atoms with E-state index >= 15 is 0 Å². The topological polar surface area (TPSA) is 124 Å². The van der Waals surface area contributed by atoms with Crippen LogP contribution >= 0.6 is 0 Å². The third-order valence-electron chi connectivity index (χ3n) is 5.07. The number of benzene rings is 1. The minimum atomic E-state index is -0.322. The van der Waals surface area contributed by atoms with Gasteiger partial charge < -0.3 is 10.1 Å². The van der Waals surface area contributed by atoms with Crippen molar-refractivity contribution in [2.24, 2.45) is 5.92 Å². The number of rotatable bonds is 5. The van der Waals surface area contributed by atoms with Crippen molar-refractivity contribution in [2.75, 3.05) is 13.2 Å². The van der Waals surface area contributed by atoms with Crippen LogP contribution in [0.15, 0.2) is 49.2 Å². The number of amides is 1. The second-order valence-corrected chi connectivity index (χ2v) is 6.92. The number of nitrogens with zero attached hydrogens (tertiary/aromatic N) is 6. The van der Waals surface area contributed by atoms with Crippen LogP contribution in [0, 0.1) is 5.92 Å². The lowest BCUT2D eigenvalue weighted by molar-refractivity contribution is 0.0915. The SMILES string of the molecule is O=C(N[C@@H]1COC[C@H]1Cc1ccnc2ccccc12)c1nc(-n2cnnc2)n[nH]1. The average molecular weight is 390 g/mol. The van der Waals surface area contributed by atoms with Crippen LogP contribution in [0.5, 0.6) is 0 Å². The normalized spacial score (nSPS) is 18.9. The molecular weight excluding hydrogens is 372 g/mol. The molecule has 4 heterocycles. The summed E-state index contributed by atoms with van der Waals surface area (Å²) in [6.45, 7) is 1.05. The molecule has 0 unspecified atom stereocenters. The van der Waals surface area contributed by atoms with Crippen molar-refractivity contribution < 1.29 is 9.53 Å². The van der Waals surface area contributed by atoms with Crippen LogP contribution in [0.3, 0.4) is 0 Å². The molecule has 29 heavy (non-hydrogen) atoms. The first-order chi connectivity index (χ1) is 14.3. The van der Waals surface area contributed by atoms with E-state index in [-0.39, 0.29) is 23.7 Å². The van der Waals surface area contributed by atoms with Gasteiger partial charge in [0.1, 0.15) is 12.7 Å². The van der Waals surface area contributed by atoms with Gasteiger partial charge in [0.15, 0.2) is 0 Å². The standard InChI is InChI=1S/C19H18N8O2/c28-18(17-24-19(26-25-17)27-10-21-22-11-27)23-16-9-29-8-13(16)7-12-5-6-20-15-4-2-1-3-14(12)15/h1-6,10-11,13,16H,7-9H2,(H,23,28)(H,24,25,26)/t13-,16-/m1/s1. The Morgan fingerprint density at radius 2 is 2.07 bits per heavy atom. The minimum absolute atomic E-state index is 0.113. The van der Waals surface area contributed by atoms with E-state index in [4.69, 9.17) is 4.74 Å². The zero-order valence-corrected chi connectivity index (χ0v) is 15.4. The molecule has 0 aliphatic carbocycles. The molecule has 146 valence electrons. The van der Waals surface area contributed by atoms with Crippen LogP contribution in [0.25, 0.3) is 16.9 Å². The van der Waals surface area contributed by atoms with Crippen molar-refractivity contribution in [2.45, 2.75) is 12.5 Å². The number of H-pyrrole nitrogens is 1. The van der Waals surface area contributed by atoms with E-state index in [0.29, 0.717) is 19.2 Å². The maximum Gasteiger partial charge on any atom is 0.288 e. The Kier molecular flexibility index (Phi) is 4.45. The number of carbonyl (C=O) groups is 1. The van der Waals surface area contributed by atoms with Crippen molar-refractivity contribution in [1.29, 1.82) is 0 Å². The molecule has 10 nitrogen and oxygen atoms in total. The first kappa shape index (κ1) is 17.4. The molecule has 1 saturated heterocycles. The highest BCUT2D eigenvalue weighted by Crippen LogP contribution is 2.24. The van der Waals surface area contributed by atoms with Crippen molar-refractivity contribution in [1.82, 2.24) is 40.2 Å². The van der Waals surface area contributed by atoms with Crippen LogP contribution in [0.1, 0.15) is 16.2 Å². The molecule has 5 rings (SSSR count). The van der Waals surface area contributed by atoms with Crippen LogP contribution in [-0.4, -0.2) is 60.1 Å². The fraction of sp³-hybridized carbons (Fsp3) is 0.263. The fourth-order valence-electron chi connectivity index (χ4n) is 3.59. The van der Waals surface area contributed by atoms with Gasteiger partial charge in [-0.3, -0.25) is 19.4 Å². The van der Waals surface area contributed by atoms with Crippen LogP contribution < -0.4 is 5.32 Å². The molecule has 1 fully saturated rings. The number of hydrogen-bond acceptors (Lipinski definition) is 7. The van der Waals surface area contributed by atoms with E-state index in [0.717, 1.165) is 17.3 Å². The summed E-state index contributed by atoms with van der Waals surface area (Å²) in [5.74, 6) is 0.276. The predicted molar refractivity (Wildman–Crippen MR) is 102 cm³/mol. The summed E-state index contributed by atoms with van der Waals surface area (Å²) >= 11 is 0. The van der Waals surface area contributed by atoms with Gasteiger partial charge in [0, 0.05) is 17.5 Å². The van der Waals surface area contributed by atoms with E-state index in [1.54, 1.807) is 0 Å². The third-order valence-corrected chi connectivity index (χ3v) is 5.07. The van der Waals surface area contributed by atoms with E-state index in [1.807, 2.05) is 30.5 Å². The summed E-state index contributed by atoms with van der Waals surface area (Å²) in [5, 5.41) is 18.2. The largest absolute Gasteiger partial charge is 0.379 e. The Morgan fingerprint density at radius 1 is 1.21 bits per heavy atom. The zero-order chi connectivity index (χ0) is 19.6. The molecule has 1 aliphatic heterocycles. The Bertz CT molecular complexity index is 1130. The van der Waals surface area contributed by atoms with Crippen molar-refractivity contribution in [3.63, 3.8) is 0 Å². The van der Waals surface area contributed by atoms with Crippen molar-refractivity contribution in [3.8, 4) is 5.95 Å². The molecule has 3 aromatic heterocycles. The molecule has 0 saturated carbocycles. The summed E-state index contributed by atoms with van der Waals surface area (Å²) in [5.41, 5.74) is 2.16. The zero-order valence-electron chi connectivity index (χ0n) is 15.4. The summed E-state index contributed by atoms with van der Waals surface area (Å²) in [6, 6.07) is 9.98.